The Balaban J connectivity index is 1.01. The van der Waals surface area contributed by atoms with E-state index in [1.807, 2.05) is 0 Å². The summed E-state index contributed by atoms with van der Waals surface area (Å²) in [7, 11) is 0. The Morgan fingerprint density at radius 1 is 0.366 bits per heavy atom. The van der Waals surface area contributed by atoms with Crippen molar-refractivity contribution in [2.75, 3.05) is 9.80 Å². The number of fused-ring (bicyclic) bond motifs is 15. The minimum Gasteiger partial charge on any atom is -0.454 e. The van der Waals surface area contributed by atoms with Crippen LogP contribution in [-0.4, -0.2) is 0 Å². The first-order chi connectivity index (χ1) is 34.9. The number of nitrogens with zero attached hydrogens (tertiary/aromatic N) is 2. The van der Waals surface area contributed by atoms with Crippen molar-refractivity contribution in [1.82, 2.24) is 0 Å². The number of anilines is 6. The first kappa shape index (κ1) is 41.4. The van der Waals surface area contributed by atoms with Gasteiger partial charge in [0, 0.05) is 49.4 Å². The van der Waals surface area contributed by atoms with Crippen LogP contribution < -0.4 is 9.80 Å². The maximum Gasteiger partial charge on any atom is 0.160 e. The fourth-order valence-electron chi connectivity index (χ4n) is 12.1. The molecule has 0 saturated carbocycles. The predicted octanol–water partition coefficient (Wildman–Crippen LogP) is 19.3. The fourth-order valence-corrected chi connectivity index (χ4v) is 12.1. The van der Waals surface area contributed by atoms with Crippen LogP contribution >= 0.6 is 0 Å². The summed E-state index contributed by atoms with van der Waals surface area (Å²) < 4.78 is 14.3. The van der Waals surface area contributed by atoms with Gasteiger partial charge in [-0.05, 0) is 128 Å². The third-order valence-electron chi connectivity index (χ3n) is 15.5. The van der Waals surface area contributed by atoms with E-state index in [0.717, 1.165) is 90.8 Å². The highest BCUT2D eigenvalue weighted by Gasteiger charge is 2.39. The van der Waals surface area contributed by atoms with Gasteiger partial charge in [-0.25, -0.2) is 0 Å². The molecule has 11 aromatic carbocycles. The van der Waals surface area contributed by atoms with Gasteiger partial charge in [0.05, 0.1) is 17.1 Å². The summed E-state index contributed by atoms with van der Waals surface area (Å²) in [5, 5.41) is 11.7. The minimum atomic E-state index is -0.383. The molecular weight excluding hydrogens is 865 g/mol. The van der Waals surface area contributed by atoms with E-state index < -0.39 is 0 Å². The number of hydrogen-bond donors (Lipinski definition) is 0. The Labute approximate surface area is 412 Å². The molecule has 2 heterocycles. The van der Waals surface area contributed by atoms with Crippen molar-refractivity contribution in [3.05, 3.63) is 229 Å². The topological polar surface area (TPSA) is 32.8 Å². The monoisotopic (exact) mass is 914 g/mol. The molecule has 0 radical (unpaired) electrons. The molecule has 0 spiro atoms. The Morgan fingerprint density at radius 2 is 0.845 bits per heavy atom. The average molecular weight is 915 g/mol. The Bertz CT molecular complexity index is 4290. The maximum atomic E-state index is 7.17. The summed E-state index contributed by atoms with van der Waals surface area (Å²) in [5.74, 6) is 0. The van der Waals surface area contributed by atoms with E-state index in [2.05, 4.69) is 244 Å². The molecule has 0 atom stereocenters. The zero-order chi connectivity index (χ0) is 47.5. The van der Waals surface area contributed by atoms with E-state index in [0.29, 0.717) is 0 Å². The van der Waals surface area contributed by atoms with Crippen molar-refractivity contribution < 1.29 is 8.83 Å². The van der Waals surface area contributed by atoms with Gasteiger partial charge in [0.1, 0.15) is 11.2 Å². The Morgan fingerprint density at radius 3 is 1.41 bits per heavy atom. The highest BCUT2D eigenvalue weighted by Crippen LogP contribution is 2.57. The maximum absolute atomic E-state index is 7.17. The van der Waals surface area contributed by atoms with E-state index in [-0.39, 0.29) is 5.41 Å². The van der Waals surface area contributed by atoms with Crippen molar-refractivity contribution in [2.45, 2.75) is 46.0 Å². The van der Waals surface area contributed by atoms with Gasteiger partial charge in [-0.15, -0.1) is 0 Å². The van der Waals surface area contributed by atoms with Gasteiger partial charge in [0.25, 0.3) is 0 Å². The second kappa shape index (κ2) is 15.7. The molecule has 71 heavy (non-hydrogen) atoms. The van der Waals surface area contributed by atoms with Gasteiger partial charge in [0.2, 0.25) is 0 Å². The molecule has 1 aliphatic rings. The van der Waals surface area contributed by atoms with Crippen molar-refractivity contribution in [1.29, 1.82) is 0 Å². The number of aryl methyl sites for hydroxylation is 2. The lowest BCUT2D eigenvalue weighted by Crippen LogP contribution is -2.18. The quantitative estimate of drug-likeness (QED) is 0.152. The van der Waals surface area contributed by atoms with Crippen molar-refractivity contribution >= 4 is 110 Å². The SMILES string of the molecule is CCc1cccc2c1oc1c(N(c3ccccc3)c3ccc4c(c3)C(C)(C)c3cc(N(c5ccccc5)c5cc6ccccc6c6c5oc5c(CC)cccc56)c5ccccc5c3-4)cc3ccccc3c12. The molecule has 2 aromatic heterocycles. The van der Waals surface area contributed by atoms with E-state index in [1.54, 1.807) is 0 Å². The molecule has 4 nitrogen and oxygen atoms in total. The third-order valence-corrected chi connectivity index (χ3v) is 15.5. The predicted molar refractivity (Wildman–Crippen MR) is 299 cm³/mol. The molecule has 14 rings (SSSR count). The molecule has 0 amide bonds. The highest BCUT2D eigenvalue weighted by atomic mass is 16.3. The van der Waals surface area contributed by atoms with Crippen molar-refractivity contribution in [2.24, 2.45) is 0 Å². The summed E-state index contributed by atoms with van der Waals surface area (Å²) in [6.45, 7) is 9.22. The van der Waals surface area contributed by atoms with Crippen molar-refractivity contribution in [3.8, 4) is 11.1 Å². The van der Waals surface area contributed by atoms with E-state index >= 15 is 0 Å². The van der Waals surface area contributed by atoms with Crippen LogP contribution in [-0.2, 0) is 18.3 Å². The van der Waals surface area contributed by atoms with E-state index in [9.17, 15) is 0 Å². The van der Waals surface area contributed by atoms with Gasteiger partial charge in [-0.2, -0.15) is 0 Å². The number of para-hydroxylation sites is 4. The number of hydrogen-bond acceptors (Lipinski definition) is 4. The second-order valence-electron chi connectivity index (χ2n) is 19.7. The first-order valence-corrected chi connectivity index (χ1v) is 25.0. The van der Waals surface area contributed by atoms with Crippen LogP contribution in [0.5, 0.6) is 0 Å². The van der Waals surface area contributed by atoms with Crippen LogP contribution in [0.3, 0.4) is 0 Å². The normalized spacial score (nSPS) is 13.0. The standard InChI is InChI=1S/C67H50N2O2/c1-5-41-23-19-33-53-61-48-29-15-13-21-43(48)37-58(65(61)70-63(41)53)68(45-25-9-7-10-26-45)47-35-36-52-55(39-47)67(3,4)56-40-57(50-31-17-18-32-51(50)60(52)56)69(46-27-11-8-12-28-46)59-38-44-22-14-16-30-49(44)62-54-34-20-24-42(6-2)64(54)71-66(59)62/h7-40H,5-6H2,1-4H3. The summed E-state index contributed by atoms with van der Waals surface area (Å²) >= 11 is 0. The molecule has 0 fully saturated rings. The number of furan rings is 2. The average Bonchev–Trinajstić information content (AvgIpc) is 4.08. The highest BCUT2D eigenvalue weighted by molar-refractivity contribution is 6.25. The molecular formula is C67H50N2O2. The molecule has 13 aromatic rings. The van der Waals surface area contributed by atoms with Crippen LogP contribution in [0.25, 0.3) is 87.3 Å². The molecule has 4 heteroatoms. The van der Waals surface area contributed by atoms with Crippen LogP contribution in [0.2, 0.25) is 0 Å². The molecule has 0 bridgehead atoms. The fraction of sp³-hybridized carbons (Fsp3) is 0.104. The smallest absolute Gasteiger partial charge is 0.160 e. The lowest BCUT2D eigenvalue weighted by atomic mass is 9.81. The van der Waals surface area contributed by atoms with Crippen LogP contribution in [0.1, 0.15) is 49.9 Å². The number of rotatable bonds is 8. The van der Waals surface area contributed by atoms with Gasteiger partial charge >= 0.3 is 0 Å². The van der Waals surface area contributed by atoms with Gasteiger partial charge in [0.15, 0.2) is 11.2 Å². The minimum absolute atomic E-state index is 0.383. The first-order valence-electron chi connectivity index (χ1n) is 25.0. The lowest BCUT2D eigenvalue weighted by molar-refractivity contribution is 0.660. The molecule has 0 aliphatic heterocycles. The molecule has 0 N–H and O–H groups in total. The largest absolute Gasteiger partial charge is 0.454 e. The summed E-state index contributed by atoms with van der Waals surface area (Å²) in [5.41, 5.74) is 17.2. The number of benzene rings is 11. The van der Waals surface area contributed by atoms with Crippen LogP contribution in [0.4, 0.5) is 34.1 Å². The van der Waals surface area contributed by atoms with E-state index in [1.165, 1.54) is 65.7 Å². The zero-order valence-electron chi connectivity index (χ0n) is 40.3. The van der Waals surface area contributed by atoms with Gasteiger partial charge < -0.3 is 18.6 Å². The third kappa shape index (κ3) is 6.04. The van der Waals surface area contributed by atoms with Crippen LogP contribution in [0.15, 0.2) is 215 Å². The summed E-state index contributed by atoms with van der Waals surface area (Å²) in [6, 6.07) is 75.5. The summed E-state index contributed by atoms with van der Waals surface area (Å²) in [4.78, 5) is 4.86. The van der Waals surface area contributed by atoms with Crippen molar-refractivity contribution in [3.63, 3.8) is 0 Å². The van der Waals surface area contributed by atoms with Crippen LogP contribution in [0, 0.1) is 0 Å². The molecule has 0 unspecified atom stereocenters. The summed E-state index contributed by atoms with van der Waals surface area (Å²) in [6.07, 6.45) is 1.77. The zero-order valence-corrected chi connectivity index (χ0v) is 40.3. The molecule has 340 valence electrons. The van der Waals surface area contributed by atoms with Gasteiger partial charge in [-0.3, -0.25) is 0 Å². The van der Waals surface area contributed by atoms with E-state index in [4.69, 9.17) is 8.83 Å². The lowest BCUT2D eigenvalue weighted by Gasteiger charge is -2.30. The molecule has 0 saturated heterocycles. The molecule has 1 aliphatic carbocycles. The second-order valence-corrected chi connectivity index (χ2v) is 19.7. The van der Waals surface area contributed by atoms with Gasteiger partial charge in [-0.1, -0.05) is 179 Å². The Kier molecular flexibility index (Phi) is 9.16. The Hall–Kier alpha value is -8.60.